The first-order valence-electron chi connectivity index (χ1n) is 5.73. The Kier molecular flexibility index (Phi) is 2.43. The molecule has 0 amide bonds. The van der Waals surface area contributed by atoms with Crippen LogP contribution in [-0.2, 0) is 0 Å². The number of fused-ring (bicyclic) bond motifs is 1. The van der Waals surface area contributed by atoms with Gasteiger partial charge in [0.2, 0.25) is 0 Å². The predicted octanol–water partition coefficient (Wildman–Crippen LogP) is 3.49. The maximum atomic E-state index is 13.4. The van der Waals surface area contributed by atoms with E-state index in [1.165, 1.54) is 18.9 Å². The Morgan fingerprint density at radius 1 is 1.19 bits per heavy atom. The van der Waals surface area contributed by atoms with Gasteiger partial charge in [0.15, 0.2) is 0 Å². The largest absolute Gasteiger partial charge is 0.383 e. The average molecular weight is 241 g/mol. The minimum absolute atomic E-state index is 0.179. The van der Waals surface area contributed by atoms with Crippen molar-refractivity contribution in [2.24, 2.45) is 5.92 Å². The van der Waals surface area contributed by atoms with E-state index in [4.69, 9.17) is 11.6 Å². The second-order valence-electron chi connectivity index (χ2n) is 4.62. The van der Waals surface area contributed by atoms with E-state index in [1.807, 2.05) is 0 Å². The van der Waals surface area contributed by atoms with Gasteiger partial charge in [-0.15, -0.1) is 0 Å². The molecule has 1 unspecified atom stereocenters. The third-order valence-electron chi connectivity index (χ3n) is 3.36. The van der Waals surface area contributed by atoms with Crippen molar-refractivity contribution < 1.29 is 4.39 Å². The summed E-state index contributed by atoms with van der Waals surface area (Å²) < 4.78 is 13.4. The summed E-state index contributed by atoms with van der Waals surface area (Å²) in [5, 5.41) is 6.90. The molecule has 86 valence electrons. The maximum absolute atomic E-state index is 13.4. The standard InChI is InChI=1S/C12H14ClFN2/c13-8-5-11-12(6-9(8)14)16-10(3-4-15-11)7-1-2-7/h5-7,10,15-16H,1-4H2. The van der Waals surface area contributed by atoms with E-state index in [-0.39, 0.29) is 10.8 Å². The van der Waals surface area contributed by atoms with E-state index in [1.54, 1.807) is 6.07 Å². The molecule has 4 heteroatoms. The molecule has 2 nitrogen and oxygen atoms in total. The van der Waals surface area contributed by atoms with E-state index >= 15 is 0 Å². The van der Waals surface area contributed by atoms with Crippen LogP contribution < -0.4 is 10.6 Å². The lowest BCUT2D eigenvalue weighted by atomic mass is 10.1. The molecule has 16 heavy (non-hydrogen) atoms. The van der Waals surface area contributed by atoms with Crippen molar-refractivity contribution in [1.29, 1.82) is 0 Å². The molecule has 1 aliphatic heterocycles. The summed E-state index contributed by atoms with van der Waals surface area (Å²) in [7, 11) is 0. The summed E-state index contributed by atoms with van der Waals surface area (Å²) in [5.41, 5.74) is 1.76. The van der Waals surface area contributed by atoms with Crippen LogP contribution in [0.4, 0.5) is 15.8 Å². The Morgan fingerprint density at radius 2 is 2.00 bits per heavy atom. The van der Waals surface area contributed by atoms with Gasteiger partial charge < -0.3 is 10.6 Å². The van der Waals surface area contributed by atoms with E-state index in [9.17, 15) is 4.39 Å². The number of hydrogen-bond acceptors (Lipinski definition) is 2. The fourth-order valence-corrected chi connectivity index (χ4v) is 2.46. The second kappa shape index (κ2) is 3.81. The van der Waals surface area contributed by atoms with Crippen LogP contribution in [0.2, 0.25) is 5.02 Å². The Morgan fingerprint density at radius 3 is 2.75 bits per heavy atom. The molecular formula is C12H14ClFN2. The number of nitrogens with one attached hydrogen (secondary N) is 2. The van der Waals surface area contributed by atoms with Gasteiger partial charge in [0.05, 0.1) is 16.4 Å². The Bertz CT molecular complexity index is 418. The van der Waals surface area contributed by atoms with Crippen molar-refractivity contribution in [2.75, 3.05) is 17.2 Å². The van der Waals surface area contributed by atoms with Gasteiger partial charge in [-0.1, -0.05) is 11.6 Å². The van der Waals surface area contributed by atoms with E-state index in [2.05, 4.69) is 10.6 Å². The molecule has 0 spiro atoms. The topological polar surface area (TPSA) is 24.1 Å². The van der Waals surface area contributed by atoms with Gasteiger partial charge in [0.1, 0.15) is 5.82 Å². The lowest BCUT2D eigenvalue weighted by Gasteiger charge is -2.16. The summed E-state index contributed by atoms with van der Waals surface area (Å²) >= 11 is 5.77. The summed E-state index contributed by atoms with van der Waals surface area (Å²) in [5.74, 6) is 0.414. The van der Waals surface area contributed by atoms with Gasteiger partial charge in [-0.25, -0.2) is 4.39 Å². The van der Waals surface area contributed by atoms with Crippen LogP contribution in [0.15, 0.2) is 12.1 Å². The molecular weight excluding hydrogens is 227 g/mol. The molecule has 0 bridgehead atoms. The van der Waals surface area contributed by atoms with E-state index < -0.39 is 0 Å². The highest BCUT2D eigenvalue weighted by Gasteiger charge is 2.32. The molecule has 0 radical (unpaired) electrons. The summed E-state index contributed by atoms with van der Waals surface area (Å²) in [6.45, 7) is 0.920. The zero-order chi connectivity index (χ0) is 11.1. The molecule has 0 saturated heterocycles. The number of hydrogen-bond donors (Lipinski definition) is 2. The van der Waals surface area contributed by atoms with Crippen LogP contribution in [-0.4, -0.2) is 12.6 Å². The molecule has 3 rings (SSSR count). The first-order valence-corrected chi connectivity index (χ1v) is 6.11. The highest BCUT2D eigenvalue weighted by Crippen LogP contribution is 2.39. The van der Waals surface area contributed by atoms with Gasteiger partial charge in [-0.2, -0.15) is 0 Å². The Labute approximate surface area is 99.2 Å². The van der Waals surface area contributed by atoms with Crippen LogP contribution in [0.25, 0.3) is 0 Å². The lowest BCUT2D eigenvalue weighted by molar-refractivity contribution is 0.606. The molecule has 1 aromatic carbocycles. The molecule has 2 N–H and O–H groups in total. The van der Waals surface area contributed by atoms with Gasteiger partial charge in [-0.05, 0) is 31.2 Å². The lowest BCUT2D eigenvalue weighted by Crippen LogP contribution is -2.21. The van der Waals surface area contributed by atoms with Crippen LogP contribution in [0.5, 0.6) is 0 Å². The molecule has 1 atom stereocenters. The fourth-order valence-electron chi connectivity index (χ4n) is 2.30. The highest BCUT2D eigenvalue weighted by atomic mass is 35.5. The third kappa shape index (κ3) is 1.84. The van der Waals surface area contributed by atoms with Crippen LogP contribution in [0, 0.1) is 11.7 Å². The molecule has 1 aromatic rings. The van der Waals surface area contributed by atoms with Crippen LogP contribution in [0.1, 0.15) is 19.3 Å². The van der Waals surface area contributed by atoms with Crippen molar-refractivity contribution in [3.63, 3.8) is 0 Å². The van der Waals surface area contributed by atoms with Crippen molar-refractivity contribution in [1.82, 2.24) is 0 Å². The molecule has 0 aromatic heterocycles. The zero-order valence-corrected chi connectivity index (χ0v) is 9.65. The third-order valence-corrected chi connectivity index (χ3v) is 3.65. The van der Waals surface area contributed by atoms with Crippen LogP contribution >= 0.6 is 11.6 Å². The second-order valence-corrected chi connectivity index (χ2v) is 5.02. The van der Waals surface area contributed by atoms with Crippen molar-refractivity contribution in [3.05, 3.63) is 23.0 Å². The number of halogens is 2. The molecule has 1 aliphatic carbocycles. The van der Waals surface area contributed by atoms with Crippen molar-refractivity contribution >= 4 is 23.0 Å². The quantitative estimate of drug-likeness (QED) is 0.785. The van der Waals surface area contributed by atoms with Gasteiger partial charge in [0.25, 0.3) is 0 Å². The molecule has 1 heterocycles. The predicted molar refractivity (Wildman–Crippen MR) is 64.7 cm³/mol. The van der Waals surface area contributed by atoms with E-state index in [0.29, 0.717) is 6.04 Å². The zero-order valence-electron chi connectivity index (χ0n) is 8.89. The summed E-state index contributed by atoms with van der Waals surface area (Å²) in [6, 6.07) is 3.63. The minimum atomic E-state index is -0.355. The van der Waals surface area contributed by atoms with Gasteiger partial charge >= 0.3 is 0 Å². The monoisotopic (exact) mass is 240 g/mol. The maximum Gasteiger partial charge on any atom is 0.143 e. The SMILES string of the molecule is Fc1cc2c(cc1Cl)NCCC(C1CC1)N2. The van der Waals surface area contributed by atoms with Crippen molar-refractivity contribution in [3.8, 4) is 0 Å². The summed E-state index contributed by atoms with van der Waals surface area (Å²) in [6.07, 6.45) is 3.67. The number of benzene rings is 1. The summed E-state index contributed by atoms with van der Waals surface area (Å²) in [4.78, 5) is 0. The highest BCUT2D eigenvalue weighted by molar-refractivity contribution is 6.31. The van der Waals surface area contributed by atoms with E-state index in [0.717, 1.165) is 30.3 Å². The van der Waals surface area contributed by atoms with Gasteiger partial charge in [-0.3, -0.25) is 0 Å². The van der Waals surface area contributed by atoms with Crippen LogP contribution in [0.3, 0.4) is 0 Å². The minimum Gasteiger partial charge on any atom is -0.383 e. The van der Waals surface area contributed by atoms with Gasteiger partial charge in [0, 0.05) is 18.7 Å². The molecule has 2 aliphatic rings. The van der Waals surface area contributed by atoms with Crippen molar-refractivity contribution in [2.45, 2.75) is 25.3 Å². The molecule has 1 fully saturated rings. The molecule has 1 saturated carbocycles. The Balaban J connectivity index is 1.92. The smallest absolute Gasteiger partial charge is 0.143 e. The fraction of sp³-hybridized carbons (Fsp3) is 0.500. The normalized spacial score (nSPS) is 24.0. The first-order chi connectivity index (χ1) is 7.74. The number of anilines is 2. The average Bonchev–Trinajstić information content (AvgIpc) is 3.04. The Hall–Kier alpha value is -0.960. The number of rotatable bonds is 1. The first kappa shape index (κ1) is 10.2.